The van der Waals surface area contributed by atoms with Gasteiger partial charge in [-0.3, -0.25) is 0 Å². The van der Waals surface area contributed by atoms with E-state index in [1.165, 1.54) is 25.7 Å². The Hall–Kier alpha value is -0.560. The normalized spacial score (nSPS) is 41.4. The topological polar surface area (TPSA) is 26.0 Å². The highest BCUT2D eigenvalue weighted by Crippen LogP contribution is 2.35. The number of nitrogens with two attached hydrogens (primary N) is 1. The predicted octanol–water partition coefficient (Wildman–Crippen LogP) is 3.42. The highest BCUT2D eigenvalue weighted by molar-refractivity contribution is 5.30. The summed E-state index contributed by atoms with van der Waals surface area (Å²) in [5.74, 6) is 1.75. The van der Waals surface area contributed by atoms with Crippen LogP contribution >= 0.6 is 0 Å². The molecule has 15 heavy (non-hydrogen) atoms. The Kier molecular flexibility index (Phi) is 3.01. The zero-order valence-corrected chi connectivity index (χ0v) is 10.00. The Morgan fingerprint density at radius 1 is 1.27 bits per heavy atom. The van der Waals surface area contributed by atoms with Crippen molar-refractivity contribution < 1.29 is 0 Å². The highest BCUT2D eigenvalue weighted by Gasteiger charge is 2.23. The molecule has 0 bridgehead atoms. The fourth-order valence-corrected chi connectivity index (χ4v) is 2.66. The fraction of sp³-hybridized carbons (Fsp3) is 0.714. The van der Waals surface area contributed by atoms with E-state index >= 15 is 0 Å². The Labute approximate surface area is 93.4 Å². The van der Waals surface area contributed by atoms with Gasteiger partial charge in [-0.1, -0.05) is 38.0 Å². The van der Waals surface area contributed by atoms with Gasteiger partial charge in [0.15, 0.2) is 0 Å². The van der Waals surface area contributed by atoms with Crippen LogP contribution in [0.5, 0.6) is 0 Å². The average molecular weight is 205 g/mol. The van der Waals surface area contributed by atoms with Gasteiger partial charge in [-0.05, 0) is 43.6 Å². The average Bonchev–Trinajstić information content (AvgIpc) is 2.20. The van der Waals surface area contributed by atoms with Gasteiger partial charge in [-0.15, -0.1) is 0 Å². The SMILES string of the molecule is CC1CCC(C2=CCC(C)(N)C=C2)CC1. The van der Waals surface area contributed by atoms with Crippen LogP contribution in [0.4, 0.5) is 0 Å². The van der Waals surface area contributed by atoms with Crippen molar-refractivity contribution in [2.24, 2.45) is 17.6 Å². The Morgan fingerprint density at radius 2 is 1.93 bits per heavy atom. The zero-order chi connectivity index (χ0) is 10.9. The zero-order valence-electron chi connectivity index (χ0n) is 10.00. The second-order valence-corrected chi connectivity index (χ2v) is 5.70. The molecule has 0 aromatic heterocycles. The van der Waals surface area contributed by atoms with Crippen molar-refractivity contribution in [3.63, 3.8) is 0 Å². The molecule has 2 aliphatic rings. The summed E-state index contributed by atoms with van der Waals surface area (Å²) in [6.07, 6.45) is 13.4. The summed E-state index contributed by atoms with van der Waals surface area (Å²) in [6.45, 7) is 4.47. The molecule has 1 heteroatoms. The molecule has 1 fully saturated rings. The molecule has 1 unspecified atom stereocenters. The number of rotatable bonds is 1. The largest absolute Gasteiger partial charge is 0.322 e. The van der Waals surface area contributed by atoms with Crippen molar-refractivity contribution >= 4 is 0 Å². The lowest BCUT2D eigenvalue weighted by atomic mass is 9.76. The number of hydrogen-bond donors (Lipinski definition) is 1. The maximum absolute atomic E-state index is 6.06. The van der Waals surface area contributed by atoms with Crippen LogP contribution in [0, 0.1) is 11.8 Å². The maximum atomic E-state index is 6.06. The molecule has 0 aromatic rings. The minimum Gasteiger partial charge on any atom is -0.322 e. The van der Waals surface area contributed by atoms with Crippen molar-refractivity contribution in [1.29, 1.82) is 0 Å². The molecule has 2 rings (SSSR count). The quantitative estimate of drug-likeness (QED) is 0.697. The minimum absolute atomic E-state index is 0.106. The standard InChI is InChI=1S/C14H23N/c1-11-3-5-12(6-4-11)13-7-9-14(2,15)10-8-13/h7-9,11-12H,3-6,10,15H2,1-2H3. The maximum Gasteiger partial charge on any atom is 0.0348 e. The van der Waals surface area contributed by atoms with Gasteiger partial charge in [0.25, 0.3) is 0 Å². The van der Waals surface area contributed by atoms with Gasteiger partial charge in [0.05, 0.1) is 0 Å². The number of allylic oxidation sites excluding steroid dienone is 2. The van der Waals surface area contributed by atoms with Crippen LogP contribution in [0.3, 0.4) is 0 Å². The molecule has 0 amide bonds. The molecule has 0 heterocycles. The van der Waals surface area contributed by atoms with E-state index in [2.05, 4.69) is 32.1 Å². The van der Waals surface area contributed by atoms with Crippen LogP contribution < -0.4 is 5.73 Å². The molecule has 0 spiro atoms. The Bertz CT molecular complexity index is 278. The van der Waals surface area contributed by atoms with Gasteiger partial charge in [0, 0.05) is 5.54 Å². The molecule has 1 atom stereocenters. The lowest BCUT2D eigenvalue weighted by Gasteiger charge is -2.30. The smallest absolute Gasteiger partial charge is 0.0348 e. The molecule has 84 valence electrons. The fourth-order valence-electron chi connectivity index (χ4n) is 2.66. The third-order valence-corrected chi connectivity index (χ3v) is 3.92. The molecule has 1 saturated carbocycles. The first kappa shape index (κ1) is 10.9. The van der Waals surface area contributed by atoms with Gasteiger partial charge in [-0.2, -0.15) is 0 Å². The summed E-state index contributed by atoms with van der Waals surface area (Å²) in [6, 6.07) is 0. The molecule has 2 N–H and O–H groups in total. The summed E-state index contributed by atoms with van der Waals surface area (Å²) < 4.78 is 0. The van der Waals surface area contributed by atoms with Crippen LogP contribution in [0.25, 0.3) is 0 Å². The number of hydrogen-bond acceptors (Lipinski definition) is 1. The monoisotopic (exact) mass is 205 g/mol. The van der Waals surface area contributed by atoms with E-state index in [-0.39, 0.29) is 5.54 Å². The second kappa shape index (κ2) is 4.13. The van der Waals surface area contributed by atoms with Gasteiger partial charge in [-0.25, -0.2) is 0 Å². The van der Waals surface area contributed by atoms with Crippen LogP contribution in [0.1, 0.15) is 46.0 Å². The van der Waals surface area contributed by atoms with Crippen molar-refractivity contribution in [3.8, 4) is 0 Å². The van der Waals surface area contributed by atoms with Gasteiger partial charge in [0.2, 0.25) is 0 Å². The molecule has 0 aromatic carbocycles. The molecule has 0 radical (unpaired) electrons. The van der Waals surface area contributed by atoms with E-state index in [1.807, 2.05) is 0 Å². The third kappa shape index (κ3) is 2.72. The van der Waals surface area contributed by atoms with E-state index < -0.39 is 0 Å². The third-order valence-electron chi connectivity index (χ3n) is 3.92. The van der Waals surface area contributed by atoms with Crippen LogP contribution in [0.2, 0.25) is 0 Å². The summed E-state index contributed by atoms with van der Waals surface area (Å²) in [5, 5.41) is 0. The van der Waals surface area contributed by atoms with E-state index in [0.29, 0.717) is 0 Å². The first-order valence-corrected chi connectivity index (χ1v) is 6.25. The molecular weight excluding hydrogens is 182 g/mol. The van der Waals surface area contributed by atoms with Crippen molar-refractivity contribution in [2.75, 3.05) is 0 Å². The van der Waals surface area contributed by atoms with E-state index in [4.69, 9.17) is 5.73 Å². The lowest BCUT2D eigenvalue weighted by molar-refractivity contribution is 0.322. The minimum atomic E-state index is -0.106. The predicted molar refractivity (Wildman–Crippen MR) is 65.6 cm³/mol. The summed E-state index contributed by atoms with van der Waals surface area (Å²) in [7, 11) is 0. The van der Waals surface area contributed by atoms with E-state index in [9.17, 15) is 0 Å². The Morgan fingerprint density at radius 3 is 2.47 bits per heavy atom. The summed E-state index contributed by atoms with van der Waals surface area (Å²) >= 11 is 0. The summed E-state index contributed by atoms with van der Waals surface area (Å²) in [5.41, 5.74) is 7.50. The van der Waals surface area contributed by atoms with Crippen LogP contribution in [0.15, 0.2) is 23.8 Å². The highest BCUT2D eigenvalue weighted by atomic mass is 14.7. The summed E-state index contributed by atoms with van der Waals surface area (Å²) in [4.78, 5) is 0. The molecular formula is C14H23N. The van der Waals surface area contributed by atoms with E-state index in [1.54, 1.807) is 5.57 Å². The molecule has 2 aliphatic carbocycles. The van der Waals surface area contributed by atoms with E-state index in [0.717, 1.165) is 18.3 Å². The van der Waals surface area contributed by atoms with Crippen molar-refractivity contribution in [2.45, 2.75) is 51.5 Å². The second-order valence-electron chi connectivity index (χ2n) is 5.70. The molecule has 0 saturated heterocycles. The lowest BCUT2D eigenvalue weighted by Crippen LogP contribution is -2.34. The first-order chi connectivity index (χ1) is 7.07. The van der Waals surface area contributed by atoms with Crippen molar-refractivity contribution in [1.82, 2.24) is 0 Å². The van der Waals surface area contributed by atoms with Crippen molar-refractivity contribution in [3.05, 3.63) is 23.8 Å². The van der Waals surface area contributed by atoms with Gasteiger partial charge < -0.3 is 5.73 Å². The van der Waals surface area contributed by atoms with Gasteiger partial charge in [0.1, 0.15) is 0 Å². The van der Waals surface area contributed by atoms with Crippen LogP contribution in [-0.2, 0) is 0 Å². The van der Waals surface area contributed by atoms with Gasteiger partial charge >= 0.3 is 0 Å². The first-order valence-electron chi connectivity index (χ1n) is 6.25. The van der Waals surface area contributed by atoms with Crippen LogP contribution in [-0.4, -0.2) is 5.54 Å². The molecule has 0 aliphatic heterocycles. The molecule has 1 nitrogen and oxygen atoms in total. The Balaban J connectivity index is 1.96.